The Hall–Kier alpha value is -1.59. The minimum Gasteiger partial charge on any atom is -0.508 e. The maximum absolute atomic E-state index is 12.2. The van der Waals surface area contributed by atoms with Gasteiger partial charge >= 0.3 is 0 Å². The van der Waals surface area contributed by atoms with Crippen molar-refractivity contribution < 1.29 is 19.7 Å². The van der Waals surface area contributed by atoms with Crippen molar-refractivity contribution in [3.63, 3.8) is 0 Å². The highest BCUT2D eigenvalue weighted by atomic mass is 16.5. The van der Waals surface area contributed by atoms with Crippen LogP contribution in [0.2, 0.25) is 0 Å². The van der Waals surface area contributed by atoms with Gasteiger partial charge in [0, 0.05) is 18.8 Å². The van der Waals surface area contributed by atoms with Crippen LogP contribution in [-0.4, -0.2) is 41.5 Å². The number of amides is 1. The zero-order valence-electron chi connectivity index (χ0n) is 11.0. The lowest BCUT2D eigenvalue weighted by molar-refractivity contribution is 0.0125. The number of carbonyl (C=O) groups excluding carboxylic acids is 1. The summed E-state index contributed by atoms with van der Waals surface area (Å²) >= 11 is 0. The Bertz CT molecular complexity index is 467. The molecule has 1 heterocycles. The van der Waals surface area contributed by atoms with Crippen LogP contribution < -0.4 is 5.32 Å². The molecule has 0 unspecified atom stereocenters. The first kappa shape index (κ1) is 13.8. The van der Waals surface area contributed by atoms with Crippen LogP contribution in [0.3, 0.4) is 0 Å². The Morgan fingerprint density at radius 2 is 2.11 bits per heavy atom. The predicted molar refractivity (Wildman–Crippen MR) is 70.2 cm³/mol. The molecule has 5 heteroatoms. The highest BCUT2D eigenvalue weighted by Gasteiger charge is 2.33. The molecule has 1 aliphatic rings. The average Bonchev–Trinajstić information content (AvgIpc) is 2.43. The predicted octanol–water partition coefficient (Wildman–Crippen LogP) is 0.972. The molecule has 0 radical (unpaired) electrons. The summed E-state index contributed by atoms with van der Waals surface area (Å²) in [5.41, 5.74) is 0.536. The van der Waals surface area contributed by atoms with Crippen molar-refractivity contribution in [3.8, 4) is 5.75 Å². The van der Waals surface area contributed by atoms with Crippen LogP contribution in [0.5, 0.6) is 5.75 Å². The van der Waals surface area contributed by atoms with Crippen LogP contribution in [0.15, 0.2) is 18.2 Å². The van der Waals surface area contributed by atoms with Crippen LogP contribution in [0, 0.1) is 6.92 Å². The topological polar surface area (TPSA) is 78.8 Å². The summed E-state index contributed by atoms with van der Waals surface area (Å²) in [4.78, 5) is 12.2. The Labute approximate surface area is 112 Å². The van der Waals surface area contributed by atoms with Crippen molar-refractivity contribution in [1.29, 1.82) is 0 Å². The lowest BCUT2D eigenvalue weighted by Crippen LogP contribution is -2.54. The van der Waals surface area contributed by atoms with Gasteiger partial charge in [0.2, 0.25) is 0 Å². The maximum atomic E-state index is 12.2. The van der Waals surface area contributed by atoms with E-state index in [1.807, 2.05) is 0 Å². The Balaban J connectivity index is 2.12. The molecule has 0 aliphatic carbocycles. The average molecular weight is 265 g/mol. The number of benzene rings is 1. The summed E-state index contributed by atoms with van der Waals surface area (Å²) in [7, 11) is 0. The molecule has 1 fully saturated rings. The van der Waals surface area contributed by atoms with Crippen molar-refractivity contribution in [1.82, 2.24) is 5.32 Å². The Morgan fingerprint density at radius 1 is 1.42 bits per heavy atom. The molecular formula is C14H19NO4. The van der Waals surface area contributed by atoms with Crippen LogP contribution >= 0.6 is 0 Å². The molecule has 5 nitrogen and oxygen atoms in total. The number of hydrogen-bond donors (Lipinski definition) is 3. The number of carbonyl (C=O) groups is 1. The van der Waals surface area contributed by atoms with E-state index in [4.69, 9.17) is 4.74 Å². The van der Waals surface area contributed by atoms with E-state index in [1.54, 1.807) is 19.1 Å². The van der Waals surface area contributed by atoms with E-state index in [0.29, 0.717) is 37.2 Å². The third kappa shape index (κ3) is 3.05. The zero-order chi connectivity index (χ0) is 13.9. The fraction of sp³-hybridized carbons (Fsp3) is 0.500. The molecule has 1 aromatic carbocycles. The number of aliphatic hydroxyl groups is 1. The van der Waals surface area contributed by atoms with E-state index >= 15 is 0 Å². The third-order valence-corrected chi connectivity index (χ3v) is 3.59. The molecule has 1 aromatic rings. The summed E-state index contributed by atoms with van der Waals surface area (Å²) in [5.74, 6) is -0.0708. The van der Waals surface area contributed by atoms with Gasteiger partial charge in [-0.2, -0.15) is 0 Å². The fourth-order valence-corrected chi connectivity index (χ4v) is 2.19. The van der Waals surface area contributed by atoms with Gasteiger partial charge in [0.15, 0.2) is 0 Å². The van der Waals surface area contributed by atoms with Gasteiger partial charge in [-0.05, 0) is 43.5 Å². The lowest BCUT2D eigenvalue weighted by Gasteiger charge is -2.36. The van der Waals surface area contributed by atoms with Crippen molar-refractivity contribution in [2.45, 2.75) is 25.3 Å². The van der Waals surface area contributed by atoms with Gasteiger partial charge in [-0.25, -0.2) is 0 Å². The number of nitrogens with one attached hydrogen (secondary N) is 1. The molecule has 19 heavy (non-hydrogen) atoms. The number of phenols is 1. The number of phenolic OH excluding ortho intramolecular Hbond substituents is 1. The lowest BCUT2D eigenvalue weighted by atomic mass is 9.90. The first-order chi connectivity index (χ1) is 9.06. The molecule has 1 saturated heterocycles. The largest absolute Gasteiger partial charge is 0.508 e. The second-order valence-corrected chi connectivity index (χ2v) is 5.01. The molecule has 3 N–H and O–H groups in total. The first-order valence-electron chi connectivity index (χ1n) is 6.37. The summed E-state index contributed by atoms with van der Waals surface area (Å²) in [6.45, 7) is 2.71. The van der Waals surface area contributed by atoms with Gasteiger partial charge in [0.05, 0.1) is 12.1 Å². The van der Waals surface area contributed by atoms with Gasteiger partial charge < -0.3 is 20.3 Å². The summed E-state index contributed by atoms with van der Waals surface area (Å²) in [6.07, 6.45) is 1.21. The molecule has 0 spiro atoms. The normalized spacial score (nSPS) is 18.0. The molecular weight excluding hydrogens is 246 g/mol. The standard InChI is InChI=1S/C14H19NO4/c1-10-8-11(2-3-12(10)17)13(18)15-14(9-16)4-6-19-7-5-14/h2-3,8,16-17H,4-7,9H2,1H3,(H,15,18). The second kappa shape index (κ2) is 5.59. The highest BCUT2D eigenvalue weighted by Crippen LogP contribution is 2.22. The Morgan fingerprint density at radius 3 is 2.68 bits per heavy atom. The molecule has 104 valence electrons. The highest BCUT2D eigenvalue weighted by molar-refractivity contribution is 5.95. The van der Waals surface area contributed by atoms with E-state index in [-0.39, 0.29) is 18.3 Å². The van der Waals surface area contributed by atoms with Crippen LogP contribution in [0.1, 0.15) is 28.8 Å². The SMILES string of the molecule is Cc1cc(C(=O)NC2(CO)CCOCC2)ccc1O. The first-order valence-corrected chi connectivity index (χ1v) is 6.37. The van der Waals surface area contributed by atoms with E-state index < -0.39 is 5.54 Å². The minimum absolute atomic E-state index is 0.0980. The van der Waals surface area contributed by atoms with Gasteiger partial charge in [-0.15, -0.1) is 0 Å². The molecule has 0 atom stereocenters. The van der Waals surface area contributed by atoms with Crippen LogP contribution in [-0.2, 0) is 4.74 Å². The number of ether oxygens (including phenoxy) is 1. The van der Waals surface area contributed by atoms with E-state index in [0.717, 1.165) is 0 Å². The van der Waals surface area contributed by atoms with E-state index in [2.05, 4.69) is 5.32 Å². The Kier molecular flexibility index (Phi) is 4.07. The summed E-state index contributed by atoms with van der Waals surface area (Å²) in [6, 6.07) is 4.71. The maximum Gasteiger partial charge on any atom is 0.251 e. The molecule has 0 bridgehead atoms. The summed E-state index contributed by atoms with van der Waals surface area (Å²) in [5, 5.41) is 21.9. The van der Waals surface area contributed by atoms with Gasteiger partial charge in [-0.1, -0.05) is 0 Å². The van der Waals surface area contributed by atoms with Crippen LogP contribution in [0.25, 0.3) is 0 Å². The summed E-state index contributed by atoms with van der Waals surface area (Å²) < 4.78 is 5.25. The third-order valence-electron chi connectivity index (χ3n) is 3.59. The molecule has 1 amide bonds. The second-order valence-electron chi connectivity index (χ2n) is 5.01. The molecule has 2 rings (SSSR count). The smallest absolute Gasteiger partial charge is 0.251 e. The fourth-order valence-electron chi connectivity index (χ4n) is 2.19. The number of aromatic hydroxyl groups is 1. The van der Waals surface area contributed by atoms with Gasteiger partial charge in [0.25, 0.3) is 5.91 Å². The van der Waals surface area contributed by atoms with Crippen molar-refractivity contribution in [2.24, 2.45) is 0 Å². The molecule has 0 saturated carbocycles. The molecule has 0 aromatic heterocycles. The van der Waals surface area contributed by atoms with Crippen molar-refractivity contribution >= 4 is 5.91 Å². The van der Waals surface area contributed by atoms with Gasteiger partial charge in [-0.3, -0.25) is 4.79 Å². The molecule has 1 aliphatic heterocycles. The van der Waals surface area contributed by atoms with Crippen LogP contribution in [0.4, 0.5) is 0 Å². The number of hydrogen-bond acceptors (Lipinski definition) is 4. The number of rotatable bonds is 3. The minimum atomic E-state index is -0.596. The van der Waals surface area contributed by atoms with E-state index in [9.17, 15) is 15.0 Å². The quantitative estimate of drug-likeness (QED) is 0.761. The monoisotopic (exact) mass is 265 g/mol. The van der Waals surface area contributed by atoms with Gasteiger partial charge in [0.1, 0.15) is 5.75 Å². The number of aryl methyl sites for hydroxylation is 1. The van der Waals surface area contributed by atoms with Crippen molar-refractivity contribution in [3.05, 3.63) is 29.3 Å². The zero-order valence-corrected chi connectivity index (χ0v) is 11.0. The van der Waals surface area contributed by atoms with E-state index in [1.165, 1.54) is 6.07 Å². The number of aliphatic hydroxyl groups excluding tert-OH is 1. The van der Waals surface area contributed by atoms with Crippen molar-refractivity contribution in [2.75, 3.05) is 19.8 Å².